The number of carbonyl (C=O) groups excluding carboxylic acids is 4. The van der Waals surface area contributed by atoms with Gasteiger partial charge in [-0.15, -0.1) is 0 Å². The van der Waals surface area contributed by atoms with E-state index in [1.54, 1.807) is 31.2 Å². The minimum atomic E-state index is -0.729. The van der Waals surface area contributed by atoms with Crippen LogP contribution in [0.4, 0.5) is 0 Å². The summed E-state index contributed by atoms with van der Waals surface area (Å²) in [5.41, 5.74) is 2.26. The molecule has 1 N–H and O–H groups in total. The highest BCUT2D eigenvalue weighted by atomic mass is 16.2. The first-order chi connectivity index (χ1) is 12.0. The zero-order chi connectivity index (χ0) is 18.1. The highest BCUT2D eigenvalue weighted by molar-refractivity contribution is 6.34. The highest BCUT2D eigenvalue weighted by Gasteiger charge is 2.36. The number of allylic oxidation sites excluding steroid dienone is 3. The van der Waals surface area contributed by atoms with Gasteiger partial charge in [-0.05, 0) is 22.3 Å². The molecule has 0 unspecified atom stereocenters. The first kappa shape index (κ1) is 16.5. The molecule has 0 spiro atoms. The van der Waals surface area contributed by atoms with E-state index < -0.39 is 17.6 Å². The molecule has 1 heterocycles. The molecule has 6 heteroatoms. The minimum Gasteiger partial charge on any atom is -0.293 e. The van der Waals surface area contributed by atoms with Crippen molar-refractivity contribution in [1.29, 1.82) is 5.26 Å². The molecule has 6 nitrogen and oxygen atoms in total. The minimum absolute atomic E-state index is 0.0466. The fourth-order valence-electron chi connectivity index (χ4n) is 3.20. The molecule has 1 aromatic carbocycles. The fraction of sp³-hybridized carbons (Fsp3) is 0.211. The summed E-state index contributed by atoms with van der Waals surface area (Å²) >= 11 is 0. The third-order valence-electron chi connectivity index (χ3n) is 4.33. The van der Waals surface area contributed by atoms with E-state index in [0.717, 1.165) is 0 Å². The molecule has 1 aliphatic heterocycles. The maximum atomic E-state index is 12.3. The SMILES string of the molecule is CCC(=O)/C(C#N)=C1/C/C(=C2\C(=O)CC(=O)NC2=O)c2ccccc21. The van der Waals surface area contributed by atoms with Gasteiger partial charge in [-0.2, -0.15) is 5.26 Å². The largest absolute Gasteiger partial charge is 0.293 e. The van der Waals surface area contributed by atoms with Gasteiger partial charge in [-0.25, -0.2) is 0 Å². The van der Waals surface area contributed by atoms with Crippen molar-refractivity contribution >= 4 is 34.5 Å². The molecule has 0 radical (unpaired) electrons. The molecule has 3 rings (SSSR count). The third-order valence-corrected chi connectivity index (χ3v) is 4.33. The molecule has 0 atom stereocenters. The molecule has 0 bridgehead atoms. The van der Waals surface area contributed by atoms with Gasteiger partial charge in [0.25, 0.3) is 5.91 Å². The average Bonchev–Trinajstić information content (AvgIpc) is 2.94. The number of ketones is 2. The summed E-state index contributed by atoms with van der Waals surface area (Å²) in [4.78, 5) is 47.9. The predicted octanol–water partition coefficient (Wildman–Crippen LogP) is 1.72. The second-order valence-corrected chi connectivity index (χ2v) is 5.80. The van der Waals surface area contributed by atoms with Crippen LogP contribution in [0.1, 0.15) is 37.3 Å². The van der Waals surface area contributed by atoms with E-state index in [-0.39, 0.29) is 36.2 Å². The monoisotopic (exact) mass is 334 g/mol. The van der Waals surface area contributed by atoms with Crippen molar-refractivity contribution in [1.82, 2.24) is 5.32 Å². The summed E-state index contributed by atoms with van der Waals surface area (Å²) in [5.74, 6) is -2.18. The quantitative estimate of drug-likeness (QED) is 0.291. The number of hydrogen-bond acceptors (Lipinski definition) is 5. The van der Waals surface area contributed by atoms with Crippen LogP contribution in [0.3, 0.4) is 0 Å². The van der Waals surface area contributed by atoms with Crippen LogP contribution in [0.15, 0.2) is 35.4 Å². The molecular formula is C19H14N2O4. The van der Waals surface area contributed by atoms with Crippen LogP contribution in [-0.4, -0.2) is 23.4 Å². The van der Waals surface area contributed by atoms with Crippen molar-refractivity contribution in [2.75, 3.05) is 0 Å². The normalized spacial score (nSPS) is 21.5. The molecule has 1 saturated heterocycles. The lowest BCUT2D eigenvalue weighted by Crippen LogP contribution is -2.41. The van der Waals surface area contributed by atoms with E-state index in [2.05, 4.69) is 5.32 Å². The molecule has 2 amide bonds. The predicted molar refractivity (Wildman–Crippen MR) is 88.6 cm³/mol. The van der Waals surface area contributed by atoms with Crippen LogP contribution in [0.5, 0.6) is 0 Å². The molecule has 124 valence electrons. The number of hydrogen-bond donors (Lipinski definition) is 1. The van der Waals surface area contributed by atoms with E-state index >= 15 is 0 Å². The third kappa shape index (κ3) is 2.70. The van der Waals surface area contributed by atoms with Crippen LogP contribution in [0, 0.1) is 11.3 Å². The maximum Gasteiger partial charge on any atom is 0.261 e. The molecule has 1 aliphatic carbocycles. The van der Waals surface area contributed by atoms with Crippen molar-refractivity contribution in [2.45, 2.75) is 26.2 Å². The van der Waals surface area contributed by atoms with E-state index in [9.17, 15) is 24.4 Å². The Morgan fingerprint density at radius 1 is 1.16 bits per heavy atom. The highest BCUT2D eigenvalue weighted by Crippen LogP contribution is 2.44. The molecule has 2 aliphatic rings. The summed E-state index contributed by atoms with van der Waals surface area (Å²) in [6.07, 6.45) is -0.0597. The Morgan fingerprint density at radius 2 is 1.84 bits per heavy atom. The standard InChI is InChI=1S/C19H14N2O4/c1-2-15(22)14(9-20)12-7-13(11-6-4-3-5-10(11)12)18-16(23)8-17(24)21-19(18)25/h3-6H,2,7-8H2,1H3,(H,21,24,25)/b14-12-,18-13-. The van der Waals surface area contributed by atoms with Crippen LogP contribution in [0.25, 0.3) is 11.1 Å². The van der Waals surface area contributed by atoms with Gasteiger partial charge in [0.2, 0.25) is 5.91 Å². The lowest BCUT2D eigenvalue weighted by Gasteiger charge is -2.15. The molecule has 0 saturated carbocycles. The second-order valence-electron chi connectivity index (χ2n) is 5.80. The number of amides is 2. The Hall–Kier alpha value is -3.33. The van der Waals surface area contributed by atoms with Crippen molar-refractivity contribution in [3.8, 4) is 6.07 Å². The van der Waals surface area contributed by atoms with Gasteiger partial charge < -0.3 is 0 Å². The summed E-state index contributed by atoms with van der Waals surface area (Å²) in [5, 5.41) is 11.6. The van der Waals surface area contributed by atoms with Crippen molar-refractivity contribution in [3.63, 3.8) is 0 Å². The molecule has 1 fully saturated rings. The number of nitrogens with one attached hydrogen (secondary N) is 1. The van der Waals surface area contributed by atoms with Crippen LogP contribution in [-0.2, 0) is 19.2 Å². The summed E-state index contributed by atoms with van der Waals surface area (Å²) in [7, 11) is 0. The second kappa shape index (κ2) is 6.29. The van der Waals surface area contributed by atoms with Gasteiger partial charge in [-0.3, -0.25) is 24.5 Å². The Labute approximate surface area is 143 Å². The number of piperidine rings is 1. The van der Waals surface area contributed by atoms with Gasteiger partial charge in [0.1, 0.15) is 6.07 Å². The van der Waals surface area contributed by atoms with Crippen molar-refractivity contribution in [2.24, 2.45) is 0 Å². The summed E-state index contributed by atoms with van der Waals surface area (Å²) in [6, 6.07) is 8.98. The van der Waals surface area contributed by atoms with Gasteiger partial charge >= 0.3 is 0 Å². The van der Waals surface area contributed by atoms with E-state index in [0.29, 0.717) is 22.3 Å². The number of nitriles is 1. The number of Topliss-reactive ketones (excluding diaryl/α,β-unsaturated/α-hetero) is 2. The van der Waals surface area contributed by atoms with Crippen molar-refractivity contribution < 1.29 is 19.2 Å². The molecule has 1 aromatic rings. The molecular weight excluding hydrogens is 320 g/mol. The number of benzene rings is 1. The number of rotatable bonds is 2. The van der Waals surface area contributed by atoms with Crippen molar-refractivity contribution in [3.05, 3.63) is 46.5 Å². The molecule has 25 heavy (non-hydrogen) atoms. The number of nitrogens with zero attached hydrogens (tertiary/aromatic N) is 1. The Balaban J connectivity index is 2.26. The van der Waals surface area contributed by atoms with E-state index in [1.165, 1.54) is 0 Å². The topological polar surface area (TPSA) is 104 Å². The van der Waals surface area contributed by atoms with E-state index in [1.807, 2.05) is 6.07 Å². The fourth-order valence-corrected chi connectivity index (χ4v) is 3.20. The number of carbonyl (C=O) groups is 4. The lowest BCUT2D eigenvalue weighted by molar-refractivity contribution is -0.134. The van der Waals surface area contributed by atoms with E-state index in [4.69, 9.17) is 0 Å². The van der Waals surface area contributed by atoms with Crippen LogP contribution >= 0.6 is 0 Å². The van der Waals surface area contributed by atoms with Gasteiger partial charge in [-0.1, -0.05) is 31.2 Å². The number of fused-ring (bicyclic) bond motifs is 1. The van der Waals surface area contributed by atoms with Gasteiger partial charge in [0.05, 0.1) is 17.6 Å². The Morgan fingerprint density at radius 3 is 2.44 bits per heavy atom. The van der Waals surface area contributed by atoms with Crippen LogP contribution in [0.2, 0.25) is 0 Å². The first-order valence-corrected chi connectivity index (χ1v) is 7.84. The smallest absolute Gasteiger partial charge is 0.261 e. The maximum absolute atomic E-state index is 12.3. The number of imide groups is 1. The zero-order valence-corrected chi connectivity index (χ0v) is 13.5. The Bertz CT molecular complexity index is 922. The zero-order valence-electron chi connectivity index (χ0n) is 13.5. The van der Waals surface area contributed by atoms with Gasteiger partial charge in [0, 0.05) is 12.8 Å². The average molecular weight is 334 g/mol. The lowest BCUT2D eigenvalue weighted by atomic mass is 9.93. The summed E-state index contributed by atoms with van der Waals surface area (Å²) < 4.78 is 0. The summed E-state index contributed by atoms with van der Waals surface area (Å²) in [6.45, 7) is 1.67. The Kier molecular flexibility index (Phi) is 4.15. The molecule has 0 aromatic heterocycles. The van der Waals surface area contributed by atoms with Crippen LogP contribution < -0.4 is 5.32 Å². The van der Waals surface area contributed by atoms with Gasteiger partial charge in [0.15, 0.2) is 11.6 Å². The first-order valence-electron chi connectivity index (χ1n) is 7.84.